The molecule has 2 aromatic carbocycles. The van der Waals surface area contributed by atoms with Crippen molar-refractivity contribution in [3.63, 3.8) is 0 Å². The Labute approximate surface area is 116 Å². The van der Waals surface area contributed by atoms with E-state index in [9.17, 15) is 9.18 Å². The molecule has 1 unspecified atom stereocenters. The number of hydrogen-bond acceptors (Lipinski definition) is 1. The first-order chi connectivity index (χ1) is 9.06. The highest BCUT2D eigenvalue weighted by Crippen LogP contribution is 2.22. The van der Waals surface area contributed by atoms with E-state index in [2.05, 4.69) is 5.32 Å². The molecule has 4 heteroatoms. The van der Waals surface area contributed by atoms with Crippen LogP contribution in [0, 0.1) is 12.7 Å². The van der Waals surface area contributed by atoms with Gasteiger partial charge in [0.1, 0.15) is 11.2 Å². The Balaban J connectivity index is 2.13. The van der Waals surface area contributed by atoms with Gasteiger partial charge in [0.15, 0.2) is 0 Å². The molecule has 2 aromatic rings. The lowest BCUT2D eigenvalue weighted by Gasteiger charge is -2.11. The van der Waals surface area contributed by atoms with E-state index < -0.39 is 5.38 Å². The van der Waals surface area contributed by atoms with Gasteiger partial charge >= 0.3 is 0 Å². The molecule has 0 aliphatic rings. The summed E-state index contributed by atoms with van der Waals surface area (Å²) in [6.45, 7) is 1.76. The van der Waals surface area contributed by atoms with Crippen molar-refractivity contribution in [2.45, 2.75) is 12.3 Å². The van der Waals surface area contributed by atoms with Crippen LogP contribution in [0.15, 0.2) is 48.5 Å². The summed E-state index contributed by atoms with van der Waals surface area (Å²) in [5.41, 5.74) is 1.85. The number of nitrogens with one attached hydrogen (secondary N) is 1. The minimum Gasteiger partial charge on any atom is -0.324 e. The molecule has 0 radical (unpaired) electrons. The van der Waals surface area contributed by atoms with Crippen molar-refractivity contribution in [1.29, 1.82) is 0 Å². The van der Waals surface area contributed by atoms with Gasteiger partial charge in [-0.15, -0.1) is 11.6 Å². The zero-order valence-corrected chi connectivity index (χ0v) is 11.1. The van der Waals surface area contributed by atoms with Gasteiger partial charge in [-0.05, 0) is 36.2 Å². The summed E-state index contributed by atoms with van der Waals surface area (Å²) in [5.74, 6) is -0.765. The van der Waals surface area contributed by atoms with Crippen molar-refractivity contribution in [2.24, 2.45) is 0 Å². The fourth-order valence-electron chi connectivity index (χ4n) is 1.79. The molecule has 0 bridgehead atoms. The molecule has 2 nitrogen and oxygen atoms in total. The third-order valence-electron chi connectivity index (χ3n) is 2.63. The third kappa shape index (κ3) is 3.55. The minimum absolute atomic E-state index is 0.377. The van der Waals surface area contributed by atoms with Crippen LogP contribution in [-0.2, 0) is 4.79 Å². The number of hydrogen-bond donors (Lipinski definition) is 1. The molecule has 19 heavy (non-hydrogen) atoms. The fourth-order valence-corrected chi connectivity index (χ4v) is 1.99. The van der Waals surface area contributed by atoms with Gasteiger partial charge in [0.05, 0.1) is 0 Å². The Morgan fingerprint density at radius 3 is 2.53 bits per heavy atom. The molecule has 1 amide bonds. The molecule has 2 rings (SSSR count). The lowest BCUT2D eigenvalue weighted by molar-refractivity contribution is -0.116. The second kappa shape index (κ2) is 5.85. The standard InChI is InChI=1S/C15H13ClFNO/c1-10-7-12(17)9-13(8-10)18-15(19)14(16)11-5-3-2-4-6-11/h2-9,14H,1H3,(H,18,19). The topological polar surface area (TPSA) is 29.1 Å². The van der Waals surface area contributed by atoms with E-state index in [4.69, 9.17) is 11.6 Å². The molecule has 0 fully saturated rings. The number of amides is 1. The van der Waals surface area contributed by atoms with Crippen molar-refractivity contribution in [3.05, 3.63) is 65.5 Å². The minimum atomic E-state index is -0.801. The Morgan fingerprint density at radius 1 is 1.21 bits per heavy atom. The Kier molecular flexibility index (Phi) is 4.17. The lowest BCUT2D eigenvalue weighted by Crippen LogP contribution is -2.17. The number of aryl methyl sites for hydroxylation is 1. The second-order valence-corrected chi connectivity index (χ2v) is 4.72. The number of carbonyl (C=O) groups is 1. The van der Waals surface area contributed by atoms with Gasteiger partial charge in [-0.3, -0.25) is 4.79 Å². The predicted octanol–water partition coefficient (Wildman–Crippen LogP) is 4.05. The zero-order chi connectivity index (χ0) is 13.8. The Bertz CT molecular complexity index is 566. The van der Waals surface area contributed by atoms with Crippen LogP contribution in [-0.4, -0.2) is 5.91 Å². The monoisotopic (exact) mass is 277 g/mol. The molecular formula is C15H13ClFNO. The normalized spacial score (nSPS) is 11.9. The fraction of sp³-hybridized carbons (Fsp3) is 0.133. The zero-order valence-electron chi connectivity index (χ0n) is 10.4. The van der Waals surface area contributed by atoms with Gasteiger partial charge in [0, 0.05) is 5.69 Å². The van der Waals surface area contributed by atoms with Gasteiger partial charge in [-0.2, -0.15) is 0 Å². The number of benzene rings is 2. The summed E-state index contributed by atoms with van der Waals surface area (Å²) in [5, 5.41) is 1.81. The average molecular weight is 278 g/mol. The van der Waals surface area contributed by atoms with E-state index in [-0.39, 0.29) is 11.7 Å². The highest BCUT2D eigenvalue weighted by atomic mass is 35.5. The van der Waals surface area contributed by atoms with Gasteiger partial charge in [-0.25, -0.2) is 4.39 Å². The van der Waals surface area contributed by atoms with E-state index >= 15 is 0 Å². The summed E-state index contributed by atoms with van der Waals surface area (Å²) in [4.78, 5) is 12.0. The molecule has 0 aliphatic heterocycles. The molecule has 0 heterocycles. The molecule has 0 saturated heterocycles. The first-order valence-electron chi connectivity index (χ1n) is 5.83. The first kappa shape index (κ1) is 13.6. The summed E-state index contributed by atoms with van der Waals surface area (Å²) >= 11 is 6.08. The molecule has 0 aliphatic carbocycles. The highest BCUT2D eigenvalue weighted by molar-refractivity contribution is 6.32. The maximum atomic E-state index is 13.2. The van der Waals surface area contributed by atoms with E-state index in [1.165, 1.54) is 12.1 Å². The number of halogens is 2. The number of anilines is 1. The van der Waals surface area contributed by atoms with Gasteiger partial charge < -0.3 is 5.32 Å². The average Bonchev–Trinajstić information content (AvgIpc) is 2.37. The summed E-state index contributed by atoms with van der Waals surface area (Å²) in [6.07, 6.45) is 0. The molecule has 0 aromatic heterocycles. The van der Waals surface area contributed by atoms with Crippen molar-refractivity contribution < 1.29 is 9.18 Å². The van der Waals surface area contributed by atoms with Crippen molar-refractivity contribution in [3.8, 4) is 0 Å². The lowest BCUT2D eigenvalue weighted by atomic mass is 10.1. The number of carbonyl (C=O) groups excluding carboxylic acids is 1. The van der Waals surface area contributed by atoms with Crippen molar-refractivity contribution >= 4 is 23.2 Å². The SMILES string of the molecule is Cc1cc(F)cc(NC(=O)C(Cl)c2ccccc2)c1. The van der Waals surface area contributed by atoms with E-state index in [0.29, 0.717) is 11.3 Å². The largest absolute Gasteiger partial charge is 0.324 e. The van der Waals surface area contributed by atoms with Crippen LogP contribution >= 0.6 is 11.6 Å². The van der Waals surface area contributed by atoms with Crippen LogP contribution in [0.1, 0.15) is 16.5 Å². The van der Waals surface area contributed by atoms with Gasteiger partial charge in [0.25, 0.3) is 0 Å². The van der Waals surface area contributed by atoms with E-state index in [0.717, 1.165) is 5.56 Å². The summed E-state index contributed by atoms with van der Waals surface area (Å²) < 4.78 is 13.2. The molecule has 0 spiro atoms. The Morgan fingerprint density at radius 2 is 1.89 bits per heavy atom. The molecule has 1 N–H and O–H groups in total. The van der Waals surface area contributed by atoms with Crippen LogP contribution in [0.3, 0.4) is 0 Å². The van der Waals surface area contributed by atoms with Crippen LogP contribution in [0.4, 0.5) is 10.1 Å². The Hall–Kier alpha value is -1.87. The molecule has 0 saturated carbocycles. The maximum Gasteiger partial charge on any atom is 0.246 e. The van der Waals surface area contributed by atoms with Crippen molar-refractivity contribution in [2.75, 3.05) is 5.32 Å². The molecule has 98 valence electrons. The second-order valence-electron chi connectivity index (χ2n) is 4.28. The van der Waals surface area contributed by atoms with Gasteiger partial charge in [-0.1, -0.05) is 30.3 Å². The number of alkyl halides is 1. The smallest absolute Gasteiger partial charge is 0.246 e. The molecule has 1 atom stereocenters. The van der Waals surface area contributed by atoms with E-state index in [1.807, 2.05) is 18.2 Å². The molecular weight excluding hydrogens is 265 g/mol. The van der Waals surface area contributed by atoms with Crippen molar-refractivity contribution in [1.82, 2.24) is 0 Å². The van der Waals surface area contributed by atoms with Crippen LogP contribution < -0.4 is 5.32 Å². The first-order valence-corrected chi connectivity index (χ1v) is 6.27. The summed E-state index contributed by atoms with van der Waals surface area (Å²) in [6, 6.07) is 13.4. The van der Waals surface area contributed by atoms with E-state index in [1.54, 1.807) is 25.1 Å². The summed E-state index contributed by atoms with van der Waals surface area (Å²) in [7, 11) is 0. The maximum absolute atomic E-state index is 13.2. The highest BCUT2D eigenvalue weighted by Gasteiger charge is 2.17. The van der Waals surface area contributed by atoms with Gasteiger partial charge in [0.2, 0.25) is 5.91 Å². The number of rotatable bonds is 3. The third-order valence-corrected chi connectivity index (χ3v) is 3.08. The predicted molar refractivity (Wildman–Crippen MR) is 74.8 cm³/mol. The van der Waals surface area contributed by atoms with Crippen LogP contribution in [0.5, 0.6) is 0 Å². The van der Waals surface area contributed by atoms with Crippen LogP contribution in [0.2, 0.25) is 0 Å². The van der Waals surface area contributed by atoms with Crippen LogP contribution in [0.25, 0.3) is 0 Å². The quantitative estimate of drug-likeness (QED) is 0.843.